The van der Waals surface area contributed by atoms with Gasteiger partial charge in [0, 0.05) is 11.0 Å². The van der Waals surface area contributed by atoms with Gasteiger partial charge in [0.15, 0.2) is 5.13 Å². The highest BCUT2D eigenvalue weighted by atomic mass is 35.5. The molecule has 0 atom stereocenters. The first-order chi connectivity index (χ1) is 12.7. The number of methoxy groups -OCH3 is 1. The fourth-order valence-electron chi connectivity index (χ4n) is 2.35. The van der Waals surface area contributed by atoms with Crippen LogP contribution in [0.25, 0.3) is 11.6 Å². The molecule has 0 aliphatic carbocycles. The summed E-state index contributed by atoms with van der Waals surface area (Å²) in [5.74, 6) is 0.867. The first kappa shape index (κ1) is 18.2. The van der Waals surface area contributed by atoms with Crippen LogP contribution in [0.15, 0.2) is 60.0 Å². The van der Waals surface area contributed by atoms with E-state index in [1.807, 2.05) is 66.1 Å². The van der Waals surface area contributed by atoms with Crippen molar-refractivity contribution < 1.29 is 9.53 Å². The van der Waals surface area contributed by atoms with Crippen LogP contribution in [0.4, 0.5) is 5.13 Å². The molecular formula is C20H17ClN2O2S. The second-order valence-electron chi connectivity index (χ2n) is 5.43. The Balaban J connectivity index is 1.92. The topological polar surface area (TPSA) is 51.2 Å². The maximum absolute atomic E-state index is 12.9. The van der Waals surface area contributed by atoms with Gasteiger partial charge in [-0.15, -0.1) is 22.9 Å². The average molecular weight is 385 g/mol. The fourth-order valence-corrected chi connectivity index (χ4v) is 3.29. The summed E-state index contributed by atoms with van der Waals surface area (Å²) in [6.45, 7) is 0. The lowest BCUT2D eigenvalue weighted by molar-refractivity contribution is -0.111. The summed E-state index contributed by atoms with van der Waals surface area (Å²) in [7, 11) is 1.62. The highest BCUT2D eigenvalue weighted by Gasteiger charge is 2.14. The van der Waals surface area contributed by atoms with E-state index >= 15 is 0 Å². The normalized spacial score (nSPS) is 11.2. The molecule has 1 N–H and O–H groups in total. The van der Waals surface area contributed by atoms with Gasteiger partial charge < -0.3 is 4.74 Å². The average Bonchev–Trinajstić information content (AvgIpc) is 3.14. The number of carbonyl (C=O) groups excluding carboxylic acids is 1. The predicted octanol–water partition coefficient (Wildman–Crippen LogP) is 5.07. The number of hydrogen-bond acceptors (Lipinski definition) is 4. The molecule has 0 aliphatic heterocycles. The van der Waals surface area contributed by atoms with Crippen molar-refractivity contribution in [1.29, 1.82) is 0 Å². The van der Waals surface area contributed by atoms with Gasteiger partial charge >= 0.3 is 0 Å². The van der Waals surface area contributed by atoms with Gasteiger partial charge in [0.05, 0.1) is 18.7 Å². The van der Waals surface area contributed by atoms with E-state index in [-0.39, 0.29) is 5.91 Å². The number of thiazole rings is 1. The molecule has 4 nitrogen and oxygen atoms in total. The number of rotatable bonds is 6. The van der Waals surface area contributed by atoms with E-state index in [1.54, 1.807) is 7.11 Å². The zero-order chi connectivity index (χ0) is 18.4. The predicted molar refractivity (Wildman–Crippen MR) is 108 cm³/mol. The number of nitrogens with one attached hydrogen (secondary N) is 1. The van der Waals surface area contributed by atoms with Crippen LogP contribution in [-0.2, 0) is 10.7 Å². The lowest BCUT2D eigenvalue weighted by Crippen LogP contribution is -2.13. The monoisotopic (exact) mass is 384 g/mol. The molecule has 2 aromatic carbocycles. The second-order valence-corrected chi connectivity index (χ2v) is 6.55. The number of halogens is 1. The van der Waals surface area contributed by atoms with Gasteiger partial charge in [-0.1, -0.05) is 42.5 Å². The van der Waals surface area contributed by atoms with E-state index in [0.717, 1.165) is 22.6 Å². The number of ether oxygens (including phenoxy) is 1. The van der Waals surface area contributed by atoms with Crippen molar-refractivity contribution in [2.45, 2.75) is 5.88 Å². The molecule has 0 fully saturated rings. The largest absolute Gasteiger partial charge is 0.497 e. The Morgan fingerprint density at radius 3 is 2.54 bits per heavy atom. The smallest absolute Gasteiger partial charge is 0.258 e. The summed E-state index contributed by atoms with van der Waals surface area (Å²) >= 11 is 7.13. The molecule has 6 heteroatoms. The second kappa shape index (κ2) is 8.65. The number of amides is 1. The Morgan fingerprint density at radius 1 is 1.19 bits per heavy atom. The van der Waals surface area contributed by atoms with Crippen LogP contribution in [0, 0.1) is 0 Å². The maximum Gasteiger partial charge on any atom is 0.258 e. The molecule has 1 heterocycles. The summed E-state index contributed by atoms with van der Waals surface area (Å²) in [4.78, 5) is 17.2. The molecule has 0 bridgehead atoms. The zero-order valence-corrected chi connectivity index (χ0v) is 15.7. The third-order valence-corrected chi connectivity index (χ3v) is 4.75. The van der Waals surface area contributed by atoms with Crippen molar-refractivity contribution in [3.05, 3.63) is 76.8 Å². The van der Waals surface area contributed by atoms with Gasteiger partial charge in [-0.2, -0.15) is 0 Å². The molecular weight excluding hydrogens is 368 g/mol. The summed E-state index contributed by atoms with van der Waals surface area (Å²) in [6, 6.07) is 17.1. The number of aromatic nitrogens is 1. The number of alkyl halides is 1. The molecule has 3 rings (SSSR count). The van der Waals surface area contributed by atoms with E-state index in [4.69, 9.17) is 16.3 Å². The van der Waals surface area contributed by atoms with E-state index in [9.17, 15) is 4.79 Å². The SMILES string of the molecule is COc1ccc(/C=C(/C(=O)Nc2nc(CCl)cs2)c2ccccc2)cc1. The van der Waals surface area contributed by atoms with E-state index in [1.165, 1.54) is 11.3 Å². The molecule has 0 unspecified atom stereocenters. The van der Waals surface area contributed by atoms with Gasteiger partial charge in [-0.3, -0.25) is 10.1 Å². The summed E-state index contributed by atoms with van der Waals surface area (Å²) in [5.41, 5.74) is 3.03. The van der Waals surface area contributed by atoms with Crippen LogP contribution >= 0.6 is 22.9 Å². The van der Waals surface area contributed by atoms with Crippen LogP contribution in [0.2, 0.25) is 0 Å². The molecule has 0 aliphatic rings. The number of carbonyl (C=O) groups is 1. The van der Waals surface area contributed by atoms with Crippen molar-refractivity contribution in [2.24, 2.45) is 0 Å². The minimum atomic E-state index is -0.220. The molecule has 26 heavy (non-hydrogen) atoms. The number of hydrogen-bond donors (Lipinski definition) is 1. The molecule has 1 aromatic heterocycles. The zero-order valence-electron chi connectivity index (χ0n) is 14.1. The molecule has 0 saturated heterocycles. The lowest BCUT2D eigenvalue weighted by Gasteiger charge is -2.08. The van der Waals surface area contributed by atoms with Crippen molar-refractivity contribution in [2.75, 3.05) is 12.4 Å². The molecule has 0 radical (unpaired) electrons. The van der Waals surface area contributed by atoms with Crippen molar-refractivity contribution in [3.63, 3.8) is 0 Å². The fraction of sp³-hybridized carbons (Fsp3) is 0.100. The molecule has 132 valence electrons. The van der Waals surface area contributed by atoms with Crippen LogP contribution in [0.1, 0.15) is 16.8 Å². The number of anilines is 1. The van der Waals surface area contributed by atoms with Gasteiger partial charge in [0.25, 0.3) is 5.91 Å². The molecule has 0 spiro atoms. The lowest BCUT2D eigenvalue weighted by atomic mass is 10.0. The van der Waals surface area contributed by atoms with Crippen molar-refractivity contribution >= 4 is 45.6 Å². The van der Waals surface area contributed by atoms with Crippen molar-refractivity contribution in [1.82, 2.24) is 4.98 Å². The van der Waals surface area contributed by atoms with Gasteiger partial charge in [-0.25, -0.2) is 4.98 Å². The first-order valence-electron chi connectivity index (χ1n) is 7.92. The van der Waals surface area contributed by atoms with E-state index < -0.39 is 0 Å². The Hall–Kier alpha value is -2.63. The minimum Gasteiger partial charge on any atom is -0.497 e. The summed E-state index contributed by atoms with van der Waals surface area (Å²) in [6.07, 6.45) is 1.85. The summed E-state index contributed by atoms with van der Waals surface area (Å²) < 4.78 is 5.18. The van der Waals surface area contributed by atoms with Crippen LogP contribution in [-0.4, -0.2) is 18.0 Å². The molecule has 0 saturated carbocycles. The van der Waals surface area contributed by atoms with Crippen LogP contribution in [0.5, 0.6) is 5.75 Å². The molecule has 1 amide bonds. The highest BCUT2D eigenvalue weighted by molar-refractivity contribution is 7.14. The third-order valence-electron chi connectivity index (χ3n) is 3.67. The number of benzene rings is 2. The first-order valence-corrected chi connectivity index (χ1v) is 9.34. The van der Waals surface area contributed by atoms with Crippen LogP contribution in [0.3, 0.4) is 0 Å². The summed E-state index contributed by atoms with van der Waals surface area (Å²) in [5, 5.41) is 5.22. The van der Waals surface area contributed by atoms with Gasteiger partial charge in [-0.05, 0) is 29.3 Å². The Morgan fingerprint density at radius 2 is 1.92 bits per heavy atom. The van der Waals surface area contributed by atoms with E-state index in [0.29, 0.717) is 16.6 Å². The maximum atomic E-state index is 12.9. The Kier molecular flexibility index (Phi) is 6.04. The third kappa shape index (κ3) is 4.50. The minimum absolute atomic E-state index is 0.220. The Labute approximate surface area is 161 Å². The number of nitrogens with zero attached hydrogens (tertiary/aromatic N) is 1. The van der Waals surface area contributed by atoms with Gasteiger partial charge in [0.2, 0.25) is 0 Å². The van der Waals surface area contributed by atoms with Gasteiger partial charge in [0.1, 0.15) is 5.75 Å². The highest BCUT2D eigenvalue weighted by Crippen LogP contribution is 2.23. The molecule has 3 aromatic rings. The standard InChI is InChI=1S/C20H17ClN2O2S/c1-25-17-9-7-14(8-10-17)11-18(15-5-3-2-4-6-15)19(24)23-20-22-16(12-21)13-26-20/h2-11,13H,12H2,1H3,(H,22,23,24)/b18-11+. The van der Waals surface area contributed by atoms with Crippen molar-refractivity contribution in [3.8, 4) is 5.75 Å². The van der Waals surface area contributed by atoms with E-state index in [2.05, 4.69) is 10.3 Å². The van der Waals surface area contributed by atoms with Crippen LogP contribution < -0.4 is 10.1 Å². The Bertz CT molecular complexity index is 905. The quantitative estimate of drug-likeness (QED) is 0.366.